The van der Waals surface area contributed by atoms with Gasteiger partial charge >= 0.3 is 12.1 Å². The molecule has 0 saturated heterocycles. The number of carbonyl (C=O) groups is 1. The van der Waals surface area contributed by atoms with Crippen molar-refractivity contribution < 1.29 is 22.7 Å². The summed E-state index contributed by atoms with van der Waals surface area (Å²) < 4.78 is 44.4. The summed E-state index contributed by atoms with van der Waals surface area (Å²) in [5.74, 6) is 0.167. The second kappa shape index (κ2) is 8.83. The quantitative estimate of drug-likeness (QED) is 0.525. The molecule has 0 bridgehead atoms. The molecule has 8 heteroatoms. The molecule has 0 amide bonds. The molecule has 146 valence electrons. The van der Waals surface area contributed by atoms with Gasteiger partial charge in [-0.05, 0) is 37.5 Å². The summed E-state index contributed by atoms with van der Waals surface area (Å²) in [7, 11) is 0. The predicted molar refractivity (Wildman–Crippen MR) is 95.2 cm³/mol. The van der Waals surface area contributed by atoms with Crippen LogP contribution in [0.1, 0.15) is 44.0 Å². The Kier molecular flexibility index (Phi) is 6.76. The van der Waals surface area contributed by atoms with Gasteiger partial charge in [0.15, 0.2) is 5.82 Å². The fraction of sp³-hybridized carbons (Fsp3) is 0.421. The largest absolute Gasteiger partial charge is 0.463 e. The van der Waals surface area contributed by atoms with E-state index in [1.54, 1.807) is 19.2 Å². The predicted octanol–water partition coefficient (Wildman–Crippen LogP) is 4.45. The maximum atomic E-state index is 12.7. The number of halogens is 3. The number of alkyl halides is 3. The number of ether oxygens (including phenoxy) is 1. The van der Waals surface area contributed by atoms with Gasteiger partial charge in [-0.3, -0.25) is 0 Å². The van der Waals surface area contributed by atoms with E-state index in [0.717, 1.165) is 24.4 Å². The summed E-state index contributed by atoms with van der Waals surface area (Å²) in [6.45, 7) is 6.13. The number of hydrogen-bond acceptors (Lipinski definition) is 4. The van der Waals surface area contributed by atoms with Crippen LogP contribution in [0.5, 0.6) is 0 Å². The Morgan fingerprint density at radius 1 is 1.33 bits per heavy atom. The molecule has 1 unspecified atom stereocenters. The first-order chi connectivity index (χ1) is 12.7. The van der Waals surface area contributed by atoms with Gasteiger partial charge in [0.25, 0.3) is 0 Å². The first kappa shape index (κ1) is 20.7. The Labute approximate surface area is 155 Å². The Balaban J connectivity index is 2.34. The Bertz CT molecular complexity index is 796. The molecule has 2 aromatic rings. The highest BCUT2D eigenvalue weighted by Gasteiger charge is 2.30. The molecule has 0 aliphatic rings. The Morgan fingerprint density at radius 3 is 2.63 bits per heavy atom. The summed E-state index contributed by atoms with van der Waals surface area (Å²) in [5.41, 5.74) is 0.623. The van der Waals surface area contributed by atoms with Gasteiger partial charge < -0.3 is 4.74 Å². The van der Waals surface area contributed by atoms with Crippen LogP contribution in [0.2, 0.25) is 0 Å². The zero-order valence-electron chi connectivity index (χ0n) is 15.5. The zero-order valence-corrected chi connectivity index (χ0v) is 15.5. The molecule has 0 radical (unpaired) electrons. The molecule has 1 atom stereocenters. The van der Waals surface area contributed by atoms with E-state index in [2.05, 4.69) is 23.9 Å². The third kappa shape index (κ3) is 5.67. The first-order valence-corrected chi connectivity index (χ1v) is 8.71. The zero-order chi connectivity index (χ0) is 20.0. The fourth-order valence-electron chi connectivity index (χ4n) is 2.35. The number of carbonyl (C=O) groups excluding carboxylic acids is 1. The van der Waals surface area contributed by atoms with Crippen molar-refractivity contribution >= 4 is 12.0 Å². The third-order valence-corrected chi connectivity index (χ3v) is 4.06. The molecule has 2 heterocycles. The molecule has 0 aliphatic heterocycles. The summed E-state index contributed by atoms with van der Waals surface area (Å²) in [5, 5.41) is 4.45. The summed E-state index contributed by atoms with van der Waals surface area (Å²) in [6.07, 6.45) is 2.51. The van der Waals surface area contributed by atoms with Crippen molar-refractivity contribution in [3.05, 3.63) is 47.4 Å². The number of pyridine rings is 1. The standard InChI is InChI=1S/C19H22F3N3O2/c1-4-13(3)10-16-14(6-9-18(26)27-5-2)12-25(24-16)17-8-7-15(11-23-17)19(20,21)22/h6-9,11-13H,4-5,10H2,1-3H3. The van der Waals surface area contributed by atoms with Crippen LogP contribution in [-0.2, 0) is 22.1 Å². The maximum absolute atomic E-state index is 12.7. The number of hydrogen-bond donors (Lipinski definition) is 0. The summed E-state index contributed by atoms with van der Waals surface area (Å²) >= 11 is 0. The minimum absolute atomic E-state index is 0.268. The van der Waals surface area contributed by atoms with Crippen LogP contribution in [0.25, 0.3) is 11.9 Å². The minimum Gasteiger partial charge on any atom is -0.463 e. The molecule has 0 saturated carbocycles. The topological polar surface area (TPSA) is 57.0 Å². The highest BCUT2D eigenvalue weighted by Crippen LogP contribution is 2.28. The van der Waals surface area contributed by atoms with Crippen molar-refractivity contribution in [1.29, 1.82) is 0 Å². The molecule has 27 heavy (non-hydrogen) atoms. The smallest absolute Gasteiger partial charge is 0.417 e. The number of rotatable bonds is 7. The van der Waals surface area contributed by atoms with Gasteiger partial charge in [-0.2, -0.15) is 18.3 Å². The van der Waals surface area contributed by atoms with Crippen molar-refractivity contribution in [2.24, 2.45) is 5.92 Å². The first-order valence-electron chi connectivity index (χ1n) is 8.71. The maximum Gasteiger partial charge on any atom is 0.417 e. The lowest BCUT2D eigenvalue weighted by Crippen LogP contribution is -2.07. The van der Waals surface area contributed by atoms with Crippen LogP contribution >= 0.6 is 0 Å². The van der Waals surface area contributed by atoms with E-state index >= 15 is 0 Å². The Morgan fingerprint density at radius 2 is 2.07 bits per heavy atom. The third-order valence-electron chi connectivity index (χ3n) is 4.06. The molecule has 2 aromatic heterocycles. The van der Waals surface area contributed by atoms with E-state index in [9.17, 15) is 18.0 Å². The van der Waals surface area contributed by atoms with Crippen LogP contribution in [0.4, 0.5) is 13.2 Å². The van der Waals surface area contributed by atoms with Gasteiger partial charge in [0.1, 0.15) is 0 Å². The SMILES string of the molecule is CCOC(=O)C=Cc1cn(-c2ccc(C(F)(F)F)cn2)nc1CC(C)CC. The molecule has 0 spiro atoms. The highest BCUT2D eigenvalue weighted by molar-refractivity contribution is 5.87. The van der Waals surface area contributed by atoms with Crippen molar-refractivity contribution in [2.45, 2.75) is 39.8 Å². The van der Waals surface area contributed by atoms with Gasteiger partial charge in [0.05, 0.1) is 17.9 Å². The van der Waals surface area contributed by atoms with Crippen LogP contribution in [-0.4, -0.2) is 27.3 Å². The van der Waals surface area contributed by atoms with Crippen molar-refractivity contribution in [3.63, 3.8) is 0 Å². The lowest BCUT2D eigenvalue weighted by atomic mass is 10.0. The van der Waals surface area contributed by atoms with Crippen LogP contribution in [0, 0.1) is 5.92 Å². The van der Waals surface area contributed by atoms with Crippen molar-refractivity contribution in [1.82, 2.24) is 14.8 Å². The summed E-state index contributed by atoms with van der Waals surface area (Å²) in [6, 6.07) is 2.23. The molecular formula is C19H22F3N3O2. The monoisotopic (exact) mass is 381 g/mol. The van der Waals surface area contributed by atoms with Crippen molar-refractivity contribution in [2.75, 3.05) is 6.61 Å². The molecule has 0 aromatic carbocycles. The van der Waals surface area contributed by atoms with Crippen molar-refractivity contribution in [3.8, 4) is 5.82 Å². The average Bonchev–Trinajstić information content (AvgIpc) is 3.02. The van der Waals surface area contributed by atoms with E-state index in [-0.39, 0.29) is 12.4 Å². The highest BCUT2D eigenvalue weighted by atomic mass is 19.4. The second-order valence-electron chi connectivity index (χ2n) is 6.18. The molecule has 0 fully saturated rings. The molecule has 2 rings (SSSR count). The van der Waals surface area contributed by atoms with Gasteiger partial charge in [-0.25, -0.2) is 14.5 Å². The van der Waals surface area contributed by atoms with E-state index in [0.29, 0.717) is 17.9 Å². The van der Waals surface area contributed by atoms with E-state index in [1.165, 1.54) is 16.8 Å². The molecule has 0 N–H and O–H groups in total. The number of nitrogens with zero attached hydrogens (tertiary/aromatic N) is 3. The van der Waals surface area contributed by atoms with Crippen LogP contribution in [0.3, 0.4) is 0 Å². The van der Waals surface area contributed by atoms with Gasteiger partial charge in [-0.1, -0.05) is 20.3 Å². The Hall–Kier alpha value is -2.64. The number of esters is 1. The average molecular weight is 381 g/mol. The van der Waals surface area contributed by atoms with Gasteiger partial charge in [0, 0.05) is 24.0 Å². The summed E-state index contributed by atoms with van der Waals surface area (Å²) in [4.78, 5) is 15.4. The molecule has 5 nitrogen and oxygen atoms in total. The molecular weight excluding hydrogens is 359 g/mol. The minimum atomic E-state index is -4.44. The fourth-order valence-corrected chi connectivity index (χ4v) is 2.35. The van der Waals surface area contributed by atoms with E-state index < -0.39 is 17.7 Å². The second-order valence-corrected chi connectivity index (χ2v) is 6.18. The number of aromatic nitrogens is 3. The molecule has 0 aliphatic carbocycles. The van der Waals surface area contributed by atoms with Gasteiger partial charge in [-0.15, -0.1) is 0 Å². The van der Waals surface area contributed by atoms with Crippen LogP contribution < -0.4 is 0 Å². The van der Waals surface area contributed by atoms with E-state index in [1.807, 2.05) is 0 Å². The normalized spacial score (nSPS) is 13.1. The lowest BCUT2D eigenvalue weighted by molar-refractivity contribution is -0.138. The lowest BCUT2D eigenvalue weighted by Gasteiger charge is -2.07. The van der Waals surface area contributed by atoms with E-state index in [4.69, 9.17) is 4.74 Å². The van der Waals surface area contributed by atoms with Gasteiger partial charge in [0.2, 0.25) is 0 Å². The van der Waals surface area contributed by atoms with Crippen LogP contribution in [0.15, 0.2) is 30.6 Å².